The molecule has 0 spiro atoms. The zero-order chi connectivity index (χ0) is 19.5. The number of carbonyl (C=O) groups excluding carboxylic acids is 1. The predicted octanol–water partition coefficient (Wildman–Crippen LogP) is 5.26. The van der Waals surface area contributed by atoms with Gasteiger partial charge in [0.05, 0.1) is 9.95 Å². The van der Waals surface area contributed by atoms with Crippen LogP contribution in [0.5, 0.6) is 11.5 Å². The van der Waals surface area contributed by atoms with E-state index in [1.54, 1.807) is 6.07 Å². The highest BCUT2D eigenvalue weighted by molar-refractivity contribution is 6.35. The second-order valence-corrected chi connectivity index (χ2v) is 6.50. The van der Waals surface area contributed by atoms with Crippen molar-refractivity contribution >= 4 is 34.9 Å². The molecule has 0 unspecified atom stereocenters. The monoisotopic (exact) mass is 393 g/mol. The van der Waals surface area contributed by atoms with Crippen LogP contribution in [0.25, 0.3) is 0 Å². The summed E-state index contributed by atoms with van der Waals surface area (Å²) in [4.78, 5) is 22.8. The number of nitrogens with zero attached hydrogens (tertiary/aromatic N) is 1. The SMILES string of the molecule is C#CC(C)(C)OC(=O)c1cc(Oc2ccc(Cl)cc2Cl)ccc1[N+](=O)[O-]. The number of esters is 1. The smallest absolute Gasteiger partial charge is 0.346 e. The molecule has 0 amide bonds. The van der Waals surface area contributed by atoms with E-state index in [1.807, 2.05) is 0 Å². The van der Waals surface area contributed by atoms with Gasteiger partial charge in [0.1, 0.15) is 17.1 Å². The minimum Gasteiger partial charge on any atom is -0.456 e. The van der Waals surface area contributed by atoms with Crippen molar-refractivity contribution in [2.75, 3.05) is 0 Å². The van der Waals surface area contributed by atoms with Crippen LogP contribution in [-0.2, 0) is 4.74 Å². The third-order valence-corrected chi connectivity index (χ3v) is 3.73. The van der Waals surface area contributed by atoms with Crippen molar-refractivity contribution in [2.24, 2.45) is 0 Å². The third-order valence-electron chi connectivity index (χ3n) is 3.20. The van der Waals surface area contributed by atoms with Gasteiger partial charge >= 0.3 is 5.97 Å². The normalized spacial score (nSPS) is 10.7. The van der Waals surface area contributed by atoms with Gasteiger partial charge in [-0.3, -0.25) is 10.1 Å². The lowest BCUT2D eigenvalue weighted by Gasteiger charge is -2.18. The maximum atomic E-state index is 12.3. The summed E-state index contributed by atoms with van der Waals surface area (Å²) in [5.41, 5.74) is -1.94. The molecule has 0 radical (unpaired) electrons. The van der Waals surface area contributed by atoms with Crippen LogP contribution in [-0.4, -0.2) is 16.5 Å². The van der Waals surface area contributed by atoms with Gasteiger partial charge in [-0.15, -0.1) is 6.42 Å². The summed E-state index contributed by atoms with van der Waals surface area (Å²) in [6.07, 6.45) is 5.28. The first-order valence-electron chi connectivity index (χ1n) is 7.25. The number of nitro benzene ring substituents is 1. The number of benzene rings is 2. The van der Waals surface area contributed by atoms with Crippen molar-refractivity contribution in [2.45, 2.75) is 19.4 Å². The van der Waals surface area contributed by atoms with E-state index in [0.717, 1.165) is 6.07 Å². The van der Waals surface area contributed by atoms with Gasteiger partial charge in [-0.25, -0.2) is 4.79 Å². The first-order valence-corrected chi connectivity index (χ1v) is 8.01. The van der Waals surface area contributed by atoms with Crippen molar-refractivity contribution in [1.82, 2.24) is 0 Å². The molecule has 0 saturated heterocycles. The molecule has 6 nitrogen and oxygen atoms in total. The molecule has 0 aliphatic rings. The molecule has 0 bridgehead atoms. The Morgan fingerprint density at radius 2 is 1.92 bits per heavy atom. The van der Waals surface area contributed by atoms with Crippen molar-refractivity contribution in [3.8, 4) is 23.8 Å². The number of carbonyl (C=O) groups is 1. The highest BCUT2D eigenvalue weighted by Crippen LogP contribution is 2.34. The molecule has 0 aliphatic heterocycles. The molecule has 0 aliphatic carbocycles. The number of hydrogen-bond donors (Lipinski definition) is 0. The maximum absolute atomic E-state index is 12.3. The first kappa shape index (κ1) is 19.6. The average molecular weight is 394 g/mol. The van der Waals surface area contributed by atoms with Gasteiger partial charge in [0.15, 0.2) is 5.60 Å². The number of terminal acetylenes is 1. The van der Waals surface area contributed by atoms with Crippen LogP contribution in [0.15, 0.2) is 36.4 Å². The van der Waals surface area contributed by atoms with E-state index >= 15 is 0 Å². The molecule has 8 heteroatoms. The Balaban J connectivity index is 2.40. The van der Waals surface area contributed by atoms with Gasteiger partial charge < -0.3 is 9.47 Å². The fourth-order valence-electron chi connectivity index (χ4n) is 1.90. The molecule has 2 aromatic rings. The van der Waals surface area contributed by atoms with Crippen molar-refractivity contribution in [1.29, 1.82) is 0 Å². The van der Waals surface area contributed by atoms with E-state index in [4.69, 9.17) is 39.1 Å². The van der Waals surface area contributed by atoms with Crippen molar-refractivity contribution in [3.63, 3.8) is 0 Å². The average Bonchev–Trinajstić information content (AvgIpc) is 2.56. The number of ether oxygens (including phenoxy) is 2. The van der Waals surface area contributed by atoms with Crippen LogP contribution in [0, 0.1) is 22.5 Å². The van der Waals surface area contributed by atoms with Gasteiger partial charge in [-0.05, 0) is 38.1 Å². The van der Waals surface area contributed by atoms with E-state index in [1.165, 1.54) is 38.1 Å². The second-order valence-electron chi connectivity index (χ2n) is 5.66. The molecule has 2 aromatic carbocycles. The largest absolute Gasteiger partial charge is 0.456 e. The third kappa shape index (κ3) is 4.66. The molecule has 0 N–H and O–H groups in total. The number of hydrogen-bond acceptors (Lipinski definition) is 5. The van der Waals surface area contributed by atoms with E-state index in [-0.39, 0.29) is 22.1 Å². The topological polar surface area (TPSA) is 78.7 Å². The standard InChI is InChI=1S/C18H13Cl2NO5/c1-4-18(2,3)26-17(22)13-10-12(6-7-15(13)21(23)24)25-16-8-5-11(19)9-14(16)20/h1,5-10H,2-3H3. The lowest BCUT2D eigenvalue weighted by atomic mass is 10.1. The fraction of sp³-hybridized carbons (Fsp3) is 0.167. The van der Waals surface area contributed by atoms with Crippen LogP contribution in [0.2, 0.25) is 10.0 Å². The Bertz CT molecular complexity index is 918. The minimum absolute atomic E-state index is 0.158. The van der Waals surface area contributed by atoms with Crippen LogP contribution < -0.4 is 4.74 Å². The summed E-state index contributed by atoms with van der Waals surface area (Å²) >= 11 is 11.9. The van der Waals surface area contributed by atoms with Gasteiger partial charge in [-0.2, -0.15) is 0 Å². The maximum Gasteiger partial charge on any atom is 0.346 e. The highest BCUT2D eigenvalue weighted by Gasteiger charge is 2.27. The molecule has 0 fully saturated rings. The van der Waals surface area contributed by atoms with E-state index in [0.29, 0.717) is 5.02 Å². The molecule has 26 heavy (non-hydrogen) atoms. The van der Waals surface area contributed by atoms with E-state index in [9.17, 15) is 14.9 Å². The van der Waals surface area contributed by atoms with Crippen LogP contribution >= 0.6 is 23.2 Å². The number of nitro groups is 1. The Hall–Kier alpha value is -2.75. The molecular weight excluding hydrogens is 381 g/mol. The Morgan fingerprint density at radius 1 is 1.23 bits per heavy atom. The molecule has 0 heterocycles. The summed E-state index contributed by atoms with van der Waals surface area (Å²) in [6.45, 7) is 2.98. The molecule has 134 valence electrons. The lowest BCUT2D eigenvalue weighted by Crippen LogP contribution is -2.26. The molecular formula is C18H13Cl2NO5. The summed E-state index contributed by atoms with van der Waals surface area (Å²) in [7, 11) is 0. The van der Waals surface area contributed by atoms with Gasteiger partial charge in [0.25, 0.3) is 5.69 Å². The molecule has 0 atom stereocenters. The van der Waals surface area contributed by atoms with Gasteiger partial charge in [0, 0.05) is 17.2 Å². The molecule has 0 aromatic heterocycles. The number of rotatable bonds is 5. The Labute approximate surface area is 159 Å². The second kappa shape index (κ2) is 7.65. The van der Waals surface area contributed by atoms with Crippen LogP contribution in [0.4, 0.5) is 5.69 Å². The molecule has 2 rings (SSSR count). The summed E-state index contributed by atoms with van der Waals surface area (Å²) in [6, 6.07) is 8.25. The van der Waals surface area contributed by atoms with E-state index in [2.05, 4.69) is 5.92 Å². The first-order chi connectivity index (χ1) is 12.1. The van der Waals surface area contributed by atoms with Crippen molar-refractivity contribution in [3.05, 3.63) is 62.1 Å². The minimum atomic E-state index is -1.22. The lowest BCUT2D eigenvalue weighted by molar-refractivity contribution is -0.385. The van der Waals surface area contributed by atoms with Crippen LogP contribution in [0.1, 0.15) is 24.2 Å². The summed E-state index contributed by atoms with van der Waals surface area (Å²) in [5.74, 6) is 1.78. The van der Waals surface area contributed by atoms with Gasteiger partial charge in [-0.1, -0.05) is 29.1 Å². The van der Waals surface area contributed by atoms with E-state index < -0.39 is 22.2 Å². The van der Waals surface area contributed by atoms with Gasteiger partial charge in [0.2, 0.25) is 0 Å². The Morgan fingerprint density at radius 3 is 2.50 bits per heavy atom. The van der Waals surface area contributed by atoms with Crippen LogP contribution in [0.3, 0.4) is 0 Å². The fourth-order valence-corrected chi connectivity index (χ4v) is 2.35. The number of halogens is 2. The zero-order valence-corrected chi connectivity index (χ0v) is 15.3. The highest BCUT2D eigenvalue weighted by atomic mass is 35.5. The summed E-state index contributed by atoms with van der Waals surface area (Å²) in [5, 5.41) is 11.9. The quantitative estimate of drug-likeness (QED) is 0.299. The van der Waals surface area contributed by atoms with Crippen molar-refractivity contribution < 1.29 is 19.2 Å². The zero-order valence-electron chi connectivity index (χ0n) is 13.8. The predicted molar refractivity (Wildman–Crippen MR) is 98.0 cm³/mol. The summed E-state index contributed by atoms with van der Waals surface area (Å²) < 4.78 is 10.7. The molecule has 0 saturated carbocycles. The Kier molecular flexibility index (Phi) is 5.76.